The number of nitrogens with two attached hydrogens (primary N) is 1. The van der Waals surface area contributed by atoms with Crippen LogP contribution in [0.5, 0.6) is 0 Å². The summed E-state index contributed by atoms with van der Waals surface area (Å²) in [7, 11) is 0. The summed E-state index contributed by atoms with van der Waals surface area (Å²) < 4.78 is 0. The van der Waals surface area contributed by atoms with Crippen LogP contribution in [0.3, 0.4) is 0 Å². The molecule has 4 heteroatoms. The van der Waals surface area contributed by atoms with Crippen molar-refractivity contribution in [1.29, 1.82) is 0 Å². The van der Waals surface area contributed by atoms with E-state index in [0.29, 0.717) is 24.4 Å². The summed E-state index contributed by atoms with van der Waals surface area (Å²) in [4.78, 5) is 13.9. The number of rotatable bonds is 6. The van der Waals surface area contributed by atoms with E-state index >= 15 is 0 Å². The van der Waals surface area contributed by atoms with E-state index in [1.807, 2.05) is 0 Å². The molecule has 1 unspecified atom stereocenters. The molecule has 1 atom stereocenters. The van der Waals surface area contributed by atoms with Gasteiger partial charge in [-0.05, 0) is 24.7 Å². The highest BCUT2D eigenvalue weighted by molar-refractivity contribution is 5.80. The van der Waals surface area contributed by atoms with E-state index in [2.05, 4.69) is 37.9 Å². The summed E-state index contributed by atoms with van der Waals surface area (Å²) in [5, 5.41) is 3.27. The lowest BCUT2D eigenvalue weighted by Gasteiger charge is -2.41. The van der Waals surface area contributed by atoms with Gasteiger partial charge in [0.05, 0.1) is 0 Å². The summed E-state index contributed by atoms with van der Waals surface area (Å²) in [5.41, 5.74) is 5.54. The van der Waals surface area contributed by atoms with Gasteiger partial charge < -0.3 is 11.1 Å². The number of carbonyl (C=O) groups excluding carboxylic acids is 1. The minimum Gasteiger partial charge on any atom is -0.368 e. The van der Waals surface area contributed by atoms with Gasteiger partial charge in [0.25, 0.3) is 0 Å². The van der Waals surface area contributed by atoms with Gasteiger partial charge >= 0.3 is 0 Å². The molecule has 0 saturated carbocycles. The number of carbonyl (C=O) groups is 1. The first-order valence-electron chi connectivity index (χ1n) is 7.17. The lowest BCUT2D eigenvalue weighted by atomic mass is 9.92. The van der Waals surface area contributed by atoms with Crippen LogP contribution < -0.4 is 11.1 Å². The maximum Gasteiger partial charge on any atom is 0.236 e. The molecule has 1 aliphatic heterocycles. The molecule has 4 nitrogen and oxygen atoms in total. The molecule has 1 heterocycles. The predicted octanol–water partition coefficient (Wildman–Crippen LogP) is 1.21. The molecule has 0 aliphatic carbocycles. The first-order valence-corrected chi connectivity index (χ1v) is 7.17. The van der Waals surface area contributed by atoms with Gasteiger partial charge in [-0.25, -0.2) is 0 Å². The zero-order valence-corrected chi connectivity index (χ0v) is 12.3. The first-order chi connectivity index (χ1) is 8.41. The van der Waals surface area contributed by atoms with E-state index in [9.17, 15) is 4.79 Å². The quantitative estimate of drug-likeness (QED) is 0.750. The summed E-state index contributed by atoms with van der Waals surface area (Å²) in [6.07, 6.45) is 2.28. The largest absolute Gasteiger partial charge is 0.368 e. The fraction of sp³-hybridized carbons (Fsp3) is 0.929. The molecule has 1 amide bonds. The maximum atomic E-state index is 11.6. The minimum absolute atomic E-state index is 0.138. The van der Waals surface area contributed by atoms with Crippen molar-refractivity contribution >= 4 is 5.91 Å². The molecule has 0 bridgehead atoms. The van der Waals surface area contributed by atoms with Crippen LogP contribution in [0.2, 0.25) is 0 Å². The molecule has 1 rings (SSSR count). The number of nitrogens with zero attached hydrogens (tertiary/aromatic N) is 1. The summed E-state index contributed by atoms with van der Waals surface area (Å²) in [6, 6.07) is 0.339. The molecule has 1 saturated heterocycles. The summed E-state index contributed by atoms with van der Waals surface area (Å²) in [6.45, 7) is 11.6. The van der Waals surface area contributed by atoms with Crippen molar-refractivity contribution in [2.75, 3.05) is 19.6 Å². The van der Waals surface area contributed by atoms with Crippen LogP contribution in [0, 0.1) is 11.8 Å². The Morgan fingerprint density at radius 1 is 1.28 bits per heavy atom. The lowest BCUT2D eigenvalue weighted by molar-refractivity contribution is -0.125. The van der Waals surface area contributed by atoms with Crippen molar-refractivity contribution in [3.63, 3.8) is 0 Å². The molecule has 0 radical (unpaired) electrons. The third-order valence-corrected chi connectivity index (χ3v) is 3.57. The van der Waals surface area contributed by atoms with E-state index in [0.717, 1.165) is 25.9 Å². The van der Waals surface area contributed by atoms with E-state index < -0.39 is 0 Å². The van der Waals surface area contributed by atoms with Crippen LogP contribution in [-0.2, 0) is 4.79 Å². The number of primary amides is 1. The number of hydrogen-bond donors (Lipinski definition) is 2. The second kappa shape index (κ2) is 7.10. The molecule has 18 heavy (non-hydrogen) atoms. The standard InChI is InChI=1S/C14H29N3O/c1-10(2)7-12(8-11(3)4)17-6-5-16-9-13(17)14(15)18/h10-13,16H,5-9H2,1-4H3,(H2,15,18). The van der Waals surface area contributed by atoms with E-state index in [1.165, 1.54) is 0 Å². The Hall–Kier alpha value is -0.610. The fourth-order valence-corrected chi connectivity index (χ4v) is 2.88. The Labute approximate surface area is 111 Å². The second-order valence-electron chi connectivity index (χ2n) is 6.27. The second-order valence-corrected chi connectivity index (χ2v) is 6.27. The van der Waals surface area contributed by atoms with Crippen LogP contribution in [0.15, 0.2) is 0 Å². The average molecular weight is 255 g/mol. The Kier molecular flexibility index (Phi) is 6.09. The first kappa shape index (κ1) is 15.4. The van der Waals surface area contributed by atoms with Crippen LogP contribution >= 0.6 is 0 Å². The van der Waals surface area contributed by atoms with Gasteiger partial charge in [0, 0.05) is 25.7 Å². The number of nitrogens with one attached hydrogen (secondary N) is 1. The van der Waals surface area contributed by atoms with Crippen LogP contribution in [0.25, 0.3) is 0 Å². The topological polar surface area (TPSA) is 58.4 Å². The number of piperazine rings is 1. The smallest absolute Gasteiger partial charge is 0.236 e. The van der Waals surface area contributed by atoms with Gasteiger partial charge in [-0.1, -0.05) is 27.7 Å². The van der Waals surface area contributed by atoms with Gasteiger partial charge in [0.15, 0.2) is 0 Å². The molecule has 1 fully saturated rings. The molecule has 3 N–H and O–H groups in total. The van der Waals surface area contributed by atoms with Crippen molar-refractivity contribution in [3.8, 4) is 0 Å². The van der Waals surface area contributed by atoms with Gasteiger partial charge in [-0.2, -0.15) is 0 Å². The Morgan fingerprint density at radius 3 is 2.28 bits per heavy atom. The zero-order valence-electron chi connectivity index (χ0n) is 12.3. The van der Waals surface area contributed by atoms with Gasteiger partial charge in [0.1, 0.15) is 6.04 Å². The monoisotopic (exact) mass is 255 g/mol. The van der Waals surface area contributed by atoms with Crippen LogP contribution in [-0.4, -0.2) is 42.5 Å². The fourth-order valence-electron chi connectivity index (χ4n) is 2.88. The van der Waals surface area contributed by atoms with E-state index in [4.69, 9.17) is 5.73 Å². The third kappa shape index (κ3) is 4.58. The molecule has 0 spiro atoms. The van der Waals surface area contributed by atoms with E-state index in [1.54, 1.807) is 0 Å². The van der Waals surface area contributed by atoms with Gasteiger partial charge in [0.2, 0.25) is 5.91 Å². The average Bonchev–Trinajstić information content (AvgIpc) is 2.26. The van der Waals surface area contributed by atoms with Crippen LogP contribution in [0.1, 0.15) is 40.5 Å². The predicted molar refractivity (Wildman–Crippen MR) is 75.3 cm³/mol. The molecule has 0 aromatic heterocycles. The van der Waals surface area contributed by atoms with Crippen molar-refractivity contribution in [2.45, 2.75) is 52.6 Å². The van der Waals surface area contributed by atoms with Crippen molar-refractivity contribution in [1.82, 2.24) is 10.2 Å². The van der Waals surface area contributed by atoms with Gasteiger partial charge in [-0.15, -0.1) is 0 Å². The normalized spacial score (nSPS) is 22.1. The van der Waals surface area contributed by atoms with Crippen molar-refractivity contribution in [2.24, 2.45) is 17.6 Å². The summed E-state index contributed by atoms with van der Waals surface area (Å²) >= 11 is 0. The van der Waals surface area contributed by atoms with Crippen molar-refractivity contribution < 1.29 is 4.79 Å². The SMILES string of the molecule is CC(C)CC(CC(C)C)N1CCNCC1C(N)=O. The van der Waals surface area contributed by atoms with Gasteiger partial charge in [-0.3, -0.25) is 9.69 Å². The minimum atomic E-state index is -0.195. The molecule has 106 valence electrons. The molecular weight excluding hydrogens is 226 g/mol. The summed E-state index contributed by atoms with van der Waals surface area (Å²) in [5.74, 6) is 1.11. The highest BCUT2D eigenvalue weighted by atomic mass is 16.1. The third-order valence-electron chi connectivity index (χ3n) is 3.57. The highest BCUT2D eigenvalue weighted by Crippen LogP contribution is 2.22. The van der Waals surface area contributed by atoms with Crippen LogP contribution in [0.4, 0.5) is 0 Å². The lowest BCUT2D eigenvalue weighted by Crippen LogP contribution is -2.60. The number of hydrogen-bond acceptors (Lipinski definition) is 3. The molecule has 0 aromatic rings. The Balaban J connectivity index is 2.76. The Bertz CT molecular complexity index is 256. The molecule has 0 aromatic carbocycles. The van der Waals surface area contributed by atoms with Crippen molar-refractivity contribution in [3.05, 3.63) is 0 Å². The zero-order chi connectivity index (χ0) is 13.7. The van der Waals surface area contributed by atoms with E-state index in [-0.39, 0.29) is 11.9 Å². The Morgan fingerprint density at radius 2 is 1.83 bits per heavy atom. The number of amides is 1. The maximum absolute atomic E-state index is 11.6. The highest BCUT2D eigenvalue weighted by Gasteiger charge is 2.32. The molecular formula is C14H29N3O. The molecule has 1 aliphatic rings.